The summed E-state index contributed by atoms with van der Waals surface area (Å²) in [6.07, 6.45) is -0.224. The molecule has 1 fully saturated rings. The molecule has 20 heavy (non-hydrogen) atoms. The van der Waals surface area contributed by atoms with Crippen molar-refractivity contribution in [1.82, 2.24) is 5.06 Å². The molecule has 108 valence electrons. The van der Waals surface area contributed by atoms with Gasteiger partial charge in [-0.25, -0.2) is 4.79 Å². The summed E-state index contributed by atoms with van der Waals surface area (Å²) in [4.78, 5) is 17.6. The van der Waals surface area contributed by atoms with Crippen LogP contribution in [-0.4, -0.2) is 28.9 Å². The average molecular weight is 293 g/mol. The van der Waals surface area contributed by atoms with Crippen molar-refractivity contribution in [3.63, 3.8) is 0 Å². The zero-order valence-electron chi connectivity index (χ0n) is 12.0. The summed E-state index contributed by atoms with van der Waals surface area (Å²) in [5.41, 5.74) is 0.919. The van der Waals surface area contributed by atoms with Gasteiger partial charge in [0.15, 0.2) is 11.1 Å². The van der Waals surface area contributed by atoms with E-state index < -0.39 is 12.2 Å². The van der Waals surface area contributed by atoms with E-state index in [1.54, 1.807) is 0 Å². The Morgan fingerprint density at radius 3 is 2.50 bits per heavy atom. The highest BCUT2D eigenvalue weighted by Crippen LogP contribution is 2.30. The van der Waals surface area contributed by atoms with Crippen molar-refractivity contribution in [1.29, 1.82) is 0 Å². The Morgan fingerprint density at radius 1 is 1.30 bits per heavy atom. The van der Waals surface area contributed by atoms with Gasteiger partial charge in [-0.2, -0.15) is 0 Å². The summed E-state index contributed by atoms with van der Waals surface area (Å²) in [5, 5.41) is 1.11. The van der Waals surface area contributed by atoms with Gasteiger partial charge in [0, 0.05) is 5.41 Å². The van der Waals surface area contributed by atoms with E-state index in [0.717, 1.165) is 10.6 Å². The molecule has 1 aromatic rings. The summed E-state index contributed by atoms with van der Waals surface area (Å²) in [6, 6.07) is 9.94. The Bertz CT molecular complexity index is 496. The van der Waals surface area contributed by atoms with Crippen LogP contribution < -0.4 is 0 Å². The molecule has 0 N–H and O–H groups in total. The van der Waals surface area contributed by atoms with Gasteiger partial charge in [0.1, 0.15) is 0 Å². The molecule has 0 spiro atoms. The fourth-order valence-corrected chi connectivity index (χ4v) is 2.49. The number of ether oxygens (including phenoxy) is 1. The number of rotatable bonds is 4. The van der Waals surface area contributed by atoms with E-state index in [1.165, 1.54) is 0 Å². The highest BCUT2D eigenvalue weighted by Gasteiger charge is 2.44. The molecule has 4 nitrogen and oxygen atoms in total. The second-order valence-electron chi connectivity index (χ2n) is 5.83. The molecule has 1 aliphatic heterocycles. The van der Waals surface area contributed by atoms with Gasteiger partial charge in [0.25, 0.3) is 0 Å². The highest BCUT2D eigenvalue weighted by molar-refractivity contribution is 7.80. The largest absolute Gasteiger partial charge is 0.440 e. The van der Waals surface area contributed by atoms with Gasteiger partial charge in [0.05, 0.1) is 6.61 Å². The first-order valence-corrected chi connectivity index (χ1v) is 7.02. The Morgan fingerprint density at radius 2 is 1.95 bits per heavy atom. The monoisotopic (exact) mass is 293 g/mol. The molecule has 0 radical (unpaired) electrons. The maximum Gasteiger partial charge on any atom is 0.440 e. The summed E-state index contributed by atoms with van der Waals surface area (Å²) in [7, 11) is 0. The number of hydroxylamine groups is 2. The van der Waals surface area contributed by atoms with Crippen LogP contribution in [-0.2, 0) is 16.0 Å². The summed E-state index contributed by atoms with van der Waals surface area (Å²) in [5.74, 6) is 0. The normalized spacial score (nSPS) is 19.4. The summed E-state index contributed by atoms with van der Waals surface area (Å²) < 4.78 is 5.27. The standard InChI is InChI=1S/C15H19NO3S/c1-15(2,3)12-13(20)16(14(17)19-12)18-10-9-11-7-5-4-6-8-11/h4-8,12H,9-10H2,1-3H3. The first kappa shape index (κ1) is 14.9. The zero-order valence-corrected chi connectivity index (χ0v) is 12.8. The topological polar surface area (TPSA) is 38.8 Å². The quantitative estimate of drug-likeness (QED) is 0.798. The SMILES string of the molecule is CC(C)(C)C1OC(=O)N(OCCc2ccccc2)C1=S. The number of cyclic esters (lactones) is 1. The number of hydrogen-bond acceptors (Lipinski definition) is 4. The van der Waals surface area contributed by atoms with E-state index in [0.29, 0.717) is 18.0 Å². The second-order valence-corrected chi connectivity index (χ2v) is 6.25. The molecule has 0 aromatic heterocycles. The van der Waals surface area contributed by atoms with Crippen LogP contribution in [0.4, 0.5) is 4.79 Å². The number of benzene rings is 1. The minimum absolute atomic E-state index is 0.232. The molecule has 0 bridgehead atoms. The number of carbonyl (C=O) groups is 1. The molecule has 2 rings (SSSR count). The van der Waals surface area contributed by atoms with Gasteiger partial charge in [-0.05, 0) is 12.0 Å². The number of amides is 1. The van der Waals surface area contributed by atoms with E-state index in [4.69, 9.17) is 21.8 Å². The van der Waals surface area contributed by atoms with E-state index in [9.17, 15) is 4.79 Å². The van der Waals surface area contributed by atoms with Crippen LogP contribution in [0.25, 0.3) is 0 Å². The third-order valence-electron chi connectivity index (χ3n) is 3.05. The summed E-state index contributed by atoms with van der Waals surface area (Å²) >= 11 is 5.27. The minimum Gasteiger partial charge on any atom is -0.436 e. The van der Waals surface area contributed by atoms with Crippen molar-refractivity contribution in [3.8, 4) is 0 Å². The zero-order chi connectivity index (χ0) is 14.8. The Labute approximate surface area is 124 Å². The molecule has 1 unspecified atom stereocenters. The van der Waals surface area contributed by atoms with Crippen molar-refractivity contribution in [2.75, 3.05) is 6.61 Å². The Hall–Kier alpha value is -1.46. The van der Waals surface area contributed by atoms with Crippen molar-refractivity contribution in [2.45, 2.75) is 33.3 Å². The van der Waals surface area contributed by atoms with Gasteiger partial charge in [-0.1, -0.05) is 63.3 Å². The molecule has 1 atom stereocenters. The van der Waals surface area contributed by atoms with Gasteiger partial charge < -0.3 is 4.74 Å². The van der Waals surface area contributed by atoms with Crippen LogP contribution in [0.15, 0.2) is 30.3 Å². The first-order valence-electron chi connectivity index (χ1n) is 6.61. The van der Waals surface area contributed by atoms with Crippen molar-refractivity contribution >= 4 is 23.3 Å². The van der Waals surface area contributed by atoms with E-state index in [2.05, 4.69) is 0 Å². The lowest BCUT2D eigenvalue weighted by Gasteiger charge is -2.24. The van der Waals surface area contributed by atoms with Crippen molar-refractivity contribution < 1.29 is 14.4 Å². The third-order valence-corrected chi connectivity index (χ3v) is 3.43. The molecule has 1 amide bonds. The fraction of sp³-hybridized carbons (Fsp3) is 0.467. The van der Waals surface area contributed by atoms with E-state index in [1.807, 2.05) is 51.1 Å². The van der Waals surface area contributed by atoms with Crippen LogP contribution in [0.1, 0.15) is 26.3 Å². The fourth-order valence-electron chi connectivity index (χ4n) is 1.96. The molecule has 1 aromatic carbocycles. The van der Waals surface area contributed by atoms with Gasteiger partial charge in [0.2, 0.25) is 0 Å². The molecule has 5 heteroatoms. The lowest BCUT2D eigenvalue weighted by Crippen LogP contribution is -2.36. The number of thiocarbonyl (C=S) groups is 1. The molecule has 0 aliphatic carbocycles. The maximum absolute atomic E-state index is 11.8. The second kappa shape index (κ2) is 5.89. The number of hydrogen-bond donors (Lipinski definition) is 0. The van der Waals surface area contributed by atoms with Crippen LogP contribution in [0.3, 0.4) is 0 Å². The van der Waals surface area contributed by atoms with E-state index >= 15 is 0 Å². The molecule has 1 heterocycles. The van der Waals surface area contributed by atoms with Crippen molar-refractivity contribution in [3.05, 3.63) is 35.9 Å². The molecule has 1 saturated heterocycles. The van der Waals surface area contributed by atoms with Crippen LogP contribution in [0, 0.1) is 5.41 Å². The lowest BCUT2D eigenvalue weighted by molar-refractivity contribution is -0.0644. The molecular weight excluding hydrogens is 274 g/mol. The lowest BCUT2D eigenvalue weighted by atomic mass is 9.89. The maximum atomic E-state index is 11.8. The van der Waals surface area contributed by atoms with Crippen molar-refractivity contribution in [2.24, 2.45) is 5.41 Å². The van der Waals surface area contributed by atoms with Crippen LogP contribution in [0.2, 0.25) is 0 Å². The Balaban J connectivity index is 1.90. The third kappa shape index (κ3) is 3.35. The summed E-state index contributed by atoms with van der Waals surface area (Å²) in [6.45, 7) is 6.32. The minimum atomic E-state index is -0.525. The molecule has 1 aliphatic rings. The van der Waals surface area contributed by atoms with Crippen LogP contribution in [0.5, 0.6) is 0 Å². The van der Waals surface area contributed by atoms with Gasteiger partial charge >= 0.3 is 6.09 Å². The predicted octanol–water partition coefficient (Wildman–Crippen LogP) is 3.36. The van der Waals surface area contributed by atoms with Gasteiger partial charge in [-0.15, -0.1) is 5.06 Å². The highest BCUT2D eigenvalue weighted by atomic mass is 32.1. The molecular formula is C15H19NO3S. The molecule has 0 saturated carbocycles. The van der Waals surface area contributed by atoms with Crippen LogP contribution >= 0.6 is 12.2 Å². The number of carbonyl (C=O) groups excluding carboxylic acids is 1. The number of nitrogens with zero attached hydrogens (tertiary/aromatic N) is 1. The van der Waals surface area contributed by atoms with Gasteiger partial charge in [-0.3, -0.25) is 4.84 Å². The smallest absolute Gasteiger partial charge is 0.436 e. The Kier molecular flexibility index (Phi) is 4.40. The first-order chi connectivity index (χ1) is 9.39. The average Bonchev–Trinajstić information content (AvgIpc) is 2.67. The predicted molar refractivity (Wildman–Crippen MR) is 80.3 cm³/mol. The van der Waals surface area contributed by atoms with E-state index in [-0.39, 0.29) is 5.41 Å².